The Kier molecular flexibility index (Phi) is 4.46. The highest BCUT2D eigenvalue weighted by molar-refractivity contribution is 7.10. The van der Waals surface area contributed by atoms with Gasteiger partial charge in [0.2, 0.25) is 0 Å². The Balaban J connectivity index is 2.15. The molecule has 0 spiro atoms. The Hall–Kier alpha value is -1.79. The van der Waals surface area contributed by atoms with E-state index in [4.69, 9.17) is 4.42 Å². The van der Waals surface area contributed by atoms with Gasteiger partial charge in [0.25, 0.3) is 0 Å². The van der Waals surface area contributed by atoms with Gasteiger partial charge >= 0.3 is 6.03 Å². The zero-order valence-electron chi connectivity index (χ0n) is 11.4. The molecule has 2 aromatic heterocycles. The molecule has 20 heavy (non-hydrogen) atoms. The molecule has 108 valence electrons. The van der Waals surface area contributed by atoms with Crippen molar-refractivity contribution in [2.24, 2.45) is 0 Å². The van der Waals surface area contributed by atoms with Crippen molar-refractivity contribution in [1.29, 1.82) is 0 Å². The summed E-state index contributed by atoms with van der Waals surface area (Å²) >= 11 is 1.43. The zero-order valence-corrected chi connectivity index (χ0v) is 12.2. The van der Waals surface area contributed by atoms with Crippen LogP contribution in [0.1, 0.15) is 24.3 Å². The second-order valence-corrected chi connectivity index (χ2v) is 5.78. The average molecular weight is 294 g/mol. The first-order chi connectivity index (χ1) is 9.52. The predicted molar refractivity (Wildman–Crippen MR) is 77.7 cm³/mol. The van der Waals surface area contributed by atoms with E-state index in [9.17, 15) is 9.90 Å². The summed E-state index contributed by atoms with van der Waals surface area (Å²) in [7, 11) is 0. The van der Waals surface area contributed by atoms with Crippen LogP contribution in [-0.2, 0) is 5.60 Å². The molecular formula is C14H18N2O3S. The van der Waals surface area contributed by atoms with Crippen molar-refractivity contribution in [1.82, 2.24) is 10.6 Å². The van der Waals surface area contributed by atoms with E-state index in [1.807, 2.05) is 31.4 Å². The van der Waals surface area contributed by atoms with Crippen molar-refractivity contribution in [2.45, 2.75) is 25.5 Å². The number of aliphatic hydroxyl groups is 1. The summed E-state index contributed by atoms with van der Waals surface area (Å²) in [5.41, 5.74) is -0.667. The van der Waals surface area contributed by atoms with E-state index < -0.39 is 5.60 Å². The number of urea groups is 1. The number of hydrogen-bond donors (Lipinski definition) is 3. The summed E-state index contributed by atoms with van der Waals surface area (Å²) in [5, 5.41) is 18.2. The largest absolute Gasteiger partial charge is 0.472 e. The van der Waals surface area contributed by atoms with Crippen LogP contribution in [0.3, 0.4) is 0 Å². The van der Waals surface area contributed by atoms with Crippen molar-refractivity contribution in [3.05, 3.63) is 46.5 Å². The number of carbonyl (C=O) groups excluding carboxylic acids is 1. The highest BCUT2D eigenvalue weighted by atomic mass is 32.1. The quantitative estimate of drug-likeness (QED) is 0.792. The summed E-state index contributed by atoms with van der Waals surface area (Å²) in [6.45, 7) is 3.83. The average Bonchev–Trinajstić information content (AvgIpc) is 3.07. The number of rotatable bonds is 5. The molecule has 0 fully saturated rings. The predicted octanol–water partition coefficient (Wildman–Crippen LogP) is 2.28. The summed E-state index contributed by atoms with van der Waals surface area (Å²) in [6.07, 6.45) is 2.99. The number of amides is 2. The highest BCUT2D eigenvalue weighted by Gasteiger charge is 2.34. The van der Waals surface area contributed by atoms with Gasteiger partial charge in [-0.2, -0.15) is 0 Å². The smallest absolute Gasteiger partial charge is 0.315 e. The van der Waals surface area contributed by atoms with Gasteiger partial charge in [0.05, 0.1) is 19.1 Å². The Morgan fingerprint density at radius 3 is 2.85 bits per heavy atom. The molecule has 2 aromatic rings. The minimum atomic E-state index is -1.28. The number of nitrogens with one attached hydrogen (secondary N) is 2. The van der Waals surface area contributed by atoms with Crippen LogP contribution in [0.4, 0.5) is 4.79 Å². The molecule has 2 heterocycles. The fourth-order valence-electron chi connectivity index (χ4n) is 1.87. The van der Waals surface area contributed by atoms with Gasteiger partial charge in [-0.1, -0.05) is 6.07 Å². The third-order valence-corrected chi connectivity index (χ3v) is 3.87. The van der Waals surface area contributed by atoms with Crippen molar-refractivity contribution >= 4 is 17.4 Å². The monoisotopic (exact) mass is 294 g/mol. The lowest BCUT2D eigenvalue weighted by atomic mass is 9.94. The molecule has 3 N–H and O–H groups in total. The molecule has 0 saturated heterocycles. The highest BCUT2D eigenvalue weighted by Crippen LogP contribution is 2.32. The molecule has 5 nitrogen and oxygen atoms in total. The molecule has 1 unspecified atom stereocenters. The van der Waals surface area contributed by atoms with E-state index in [1.165, 1.54) is 23.9 Å². The zero-order chi connectivity index (χ0) is 14.6. The molecule has 1 atom stereocenters. The van der Waals surface area contributed by atoms with Crippen LogP contribution in [0.15, 0.2) is 40.5 Å². The third-order valence-electron chi connectivity index (χ3n) is 2.85. The van der Waals surface area contributed by atoms with E-state index in [-0.39, 0.29) is 18.6 Å². The molecule has 0 aliphatic rings. The topological polar surface area (TPSA) is 74.5 Å². The van der Waals surface area contributed by atoms with Crippen LogP contribution in [0.5, 0.6) is 0 Å². The maximum atomic E-state index is 11.7. The number of furan rings is 1. The summed E-state index contributed by atoms with van der Waals surface area (Å²) in [5.74, 6) is 0. The molecule has 0 bridgehead atoms. The van der Waals surface area contributed by atoms with Crippen LogP contribution in [0.25, 0.3) is 0 Å². The Morgan fingerprint density at radius 2 is 2.30 bits per heavy atom. The van der Waals surface area contributed by atoms with Gasteiger partial charge in [0, 0.05) is 16.5 Å². The molecule has 2 amide bonds. The first kappa shape index (κ1) is 14.6. The molecule has 0 saturated carbocycles. The van der Waals surface area contributed by atoms with Crippen LogP contribution in [-0.4, -0.2) is 23.7 Å². The standard InChI is InChI=1S/C14H18N2O3S/c1-10(2)16-13(17)15-9-14(18,11-5-6-19-8-11)12-4-3-7-20-12/h3-8,10,18H,9H2,1-2H3,(H2,15,16,17). The van der Waals surface area contributed by atoms with Crippen molar-refractivity contribution in [3.8, 4) is 0 Å². The summed E-state index contributed by atoms with van der Waals surface area (Å²) in [4.78, 5) is 12.4. The molecule has 0 aliphatic carbocycles. The lowest BCUT2D eigenvalue weighted by molar-refractivity contribution is 0.0851. The SMILES string of the molecule is CC(C)NC(=O)NCC(O)(c1ccoc1)c1cccs1. The Morgan fingerprint density at radius 1 is 1.50 bits per heavy atom. The van der Waals surface area contributed by atoms with Gasteiger partial charge in [-0.3, -0.25) is 0 Å². The Bertz CT molecular complexity index is 501. The van der Waals surface area contributed by atoms with Crippen molar-refractivity contribution in [3.63, 3.8) is 0 Å². The second kappa shape index (κ2) is 6.11. The fourth-order valence-corrected chi connectivity index (χ4v) is 2.71. The molecule has 0 aromatic carbocycles. The summed E-state index contributed by atoms with van der Waals surface area (Å²) < 4.78 is 5.05. The maximum Gasteiger partial charge on any atom is 0.315 e. The third kappa shape index (κ3) is 3.20. The number of thiophene rings is 1. The number of hydrogen-bond acceptors (Lipinski definition) is 4. The fraction of sp³-hybridized carbons (Fsp3) is 0.357. The lowest BCUT2D eigenvalue weighted by Crippen LogP contribution is -2.46. The first-order valence-electron chi connectivity index (χ1n) is 6.36. The molecule has 0 aliphatic heterocycles. The normalized spacial score (nSPS) is 14.0. The number of carbonyl (C=O) groups is 1. The van der Waals surface area contributed by atoms with E-state index in [0.29, 0.717) is 5.56 Å². The van der Waals surface area contributed by atoms with Gasteiger partial charge in [0.15, 0.2) is 0 Å². The lowest BCUT2D eigenvalue weighted by Gasteiger charge is -2.26. The van der Waals surface area contributed by atoms with Crippen LogP contribution >= 0.6 is 11.3 Å². The van der Waals surface area contributed by atoms with Crippen molar-refractivity contribution < 1.29 is 14.3 Å². The van der Waals surface area contributed by atoms with E-state index >= 15 is 0 Å². The van der Waals surface area contributed by atoms with Gasteiger partial charge in [-0.05, 0) is 31.4 Å². The van der Waals surface area contributed by atoms with Crippen LogP contribution in [0.2, 0.25) is 0 Å². The first-order valence-corrected chi connectivity index (χ1v) is 7.24. The van der Waals surface area contributed by atoms with E-state index in [1.54, 1.807) is 6.07 Å². The Labute approximate surface area is 121 Å². The van der Waals surface area contributed by atoms with Gasteiger partial charge in [-0.25, -0.2) is 4.79 Å². The summed E-state index contributed by atoms with van der Waals surface area (Å²) in [6, 6.07) is 5.12. The van der Waals surface area contributed by atoms with E-state index in [2.05, 4.69) is 10.6 Å². The van der Waals surface area contributed by atoms with Gasteiger partial charge in [-0.15, -0.1) is 11.3 Å². The molecular weight excluding hydrogens is 276 g/mol. The minimum absolute atomic E-state index is 0.0405. The van der Waals surface area contributed by atoms with E-state index in [0.717, 1.165) is 4.88 Å². The molecule has 0 radical (unpaired) electrons. The van der Waals surface area contributed by atoms with Crippen LogP contribution in [0, 0.1) is 0 Å². The maximum absolute atomic E-state index is 11.7. The van der Waals surface area contributed by atoms with Gasteiger partial charge < -0.3 is 20.2 Å². The molecule has 2 rings (SSSR count). The molecule has 6 heteroatoms. The van der Waals surface area contributed by atoms with Crippen LogP contribution < -0.4 is 10.6 Å². The van der Waals surface area contributed by atoms with Crippen molar-refractivity contribution in [2.75, 3.05) is 6.54 Å². The second-order valence-electron chi connectivity index (χ2n) is 4.83. The van der Waals surface area contributed by atoms with Gasteiger partial charge in [0.1, 0.15) is 5.60 Å². The minimum Gasteiger partial charge on any atom is -0.472 e.